The number of rotatable bonds is 6. The van der Waals surface area contributed by atoms with Gasteiger partial charge >= 0.3 is 0 Å². The lowest BCUT2D eigenvalue weighted by Crippen LogP contribution is -2.47. The van der Waals surface area contributed by atoms with E-state index in [1.807, 2.05) is 36.4 Å². The van der Waals surface area contributed by atoms with Gasteiger partial charge in [0, 0.05) is 30.9 Å². The molecule has 1 aliphatic rings. The lowest BCUT2D eigenvalue weighted by Gasteiger charge is -2.39. The number of hydrogen-bond donors (Lipinski definition) is 0. The molecule has 1 aliphatic heterocycles. The summed E-state index contributed by atoms with van der Waals surface area (Å²) in [6.07, 6.45) is 5.50. The minimum atomic E-state index is -0.117. The molecule has 0 saturated carbocycles. The molecule has 1 aromatic carbocycles. The average Bonchev–Trinajstić information content (AvgIpc) is 2.60. The van der Waals surface area contributed by atoms with Gasteiger partial charge in [0.25, 0.3) is 0 Å². The molecule has 0 unspecified atom stereocenters. The van der Waals surface area contributed by atoms with Crippen molar-refractivity contribution in [3.63, 3.8) is 0 Å². The third kappa shape index (κ3) is 4.86. The van der Waals surface area contributed by atoms with Crippen LogP contribution in [-0.2, 0) is 0 Å². The predicted molar refractivity (Wildman–Crippen MR) is 95.9 cm³/mol. The molecule has 1 fully saturated rings. The van der Waals surface area contributed by atoms with Gasteiger partial charge in [0.2, 0.25) is 0 Å². The number of benzene rings is 1. The van der Waals surface area contributed by atoms with E-state index < -0.39 is 0 Å². The van der Waals surface area contributed by atoms with Gasteiger partial charge in [-0.3, -0.25) is 9.88 Å². The highest BCUT2D eigenvalue weighted by molar-refractivity contribution is 6.30. The SMILES string of the molecule is CC1(Oc2ccc(Cl)cc2)CCN(CCOc2cccnc2)CC1. The summed E-state index contributed by atoms with van der Waals surface area (Å²) in [7, 11) is 0. The Labute approximate surface area is 148 Å². The first-order chi connectivity index (χ1) is 11.6. The first kappa shape index (κ1) is 17.1. The fourth-order valence-corrected chi connectivity index (χ4v) is 2.99. The standard InChI is InChI=1S/C19H23ClN2O2/c1-19(24-17-6-4-16(20)5-7-17)8-11-22(12-9-19)13-14-23-18-3-2-10-21-15-18/h2-7,10,15H,8-9,11-14H2,1H3. The number of aromatic nitrogens is 1. The molecule has 3 rings (SSSR count). The normalized spacial score (nSPS) is 17.4. The van der Waals surface area contributed by atoms with Crippen LogP contribution in [0, 0.1) is 0 Å². The number of piperidine rings is 1. The van der Waals surface area contributed by atoms with Gasteiger partial charge in [-0.25, -0.2) is 0 Å². The summed E-state index contributed by atoms with van der Waals surface area (Å²) in [5.74, 6) is 1.71. The van der Waals surface area contributed by atoms with E-state index in [0.29, 0.717) is 6.61 Å². The highest BCUT2D eigenvalue weighted by atomic mass is 35.5. The molecular formula is C19H23ClN2O2. The molecule has 1 saturated heterocycles. The zero-order valence-corrected chi connectivity index (χ0v) is 14.7. The molecule has 5 heteroatoms. The smallest absolute Gasteiger partial charge is 0.137 e. The maximum absolute atomic E-state index is 6.20. The minimum absolute atomic E-state index is 0.117. The molecule has 0 aliphatic carbocycles. The van der Waals surface area contributed by atoms with Crippen LogP contribution in [0.25, 0.3) is 0 Å². The number of ether oxygens (including phenoxy) is 2. The molecule has 2 heterocycles. The Morgan fingerprint density at radius 2 is 1.88 bits per heavy atom. The predicted octanol–water partition coefficient (Wildman–Crippen LogP) is 4.05. The van der Waals surface area contributed by atoms with Crippen molar-refractivity contribution in [1.82, 2.24) is 9.88 Å². The second kappa shape index (κ2) is 7.86. The van der Waals surface area contributed by atoms with Crippen LogP contribution in [-0.4, -0.2) is 41.7 Å². The Hall–Kier alpha value is -1.78. The van der Waals surface area contributed by atoms with E-state index in [2.05, 4.69) is 16.8 Å². The van der Waals surface area contributed by atoms with Crippen molar-refractivity contribution in [2.75, 3.05) is 26.2 Å². The van der Waals surface area contributed by atoms with Gasteiger partial charge in [-0.1, -0.05) is 11.6 Å². The molecule has 2 aromatic rings. The Kier molecular flexibility index (Phi) is 5.59. The highest BCUT2D eigenvalue weighted by Crippen LogP contribution is 2.29. The van der Waals surface area contributed by atoms with Crippen molar-refractivity contribution in [3.05, 3.63) is 53.8 Å². The van der Waals surface area contributed by atoms with Gasteiger partial charge in [-0.05, 0) is 56.2 Å². The molecule has 0 amide bonds. The molecule has 4 nitrogen and oxygen atoms in total. The van der Waals surface area contributed by atoms with E-state index in [4.69, 9.17) is 21.1 Å². The molecule has 0 atom stereocenters. The zero-order chi connectivity index (χ0) is 16.8. The molecule has 0 spiro atoms. The summed E-state index contributed by atoms with van der Waals surface area (Å²) >= 11 is 5.92. The van der Waals surface area contributed by atoms with E-state index in [-0.39, 0.29) is 5.60 Å². The third-order valence-corrected chi connectivity index (χ3v) is 4.65. The topological polar surface area (TPSA) is 34.6 Å². The number of halogens is 1. The quantitative estimate of drug-likeness (QED) is 0.790. The molecule has 0 N–H and O–H groups in total. The lowest BCUT2D eigenvalue weighted by molar-refractivity contribution is 0.0135. The molecule has 0 bridgehead atoms. The van der Waals surface area contributed by atoms with Crippen molar-refractivity contribution in [2.45, 2.75) is 25.4 Å². The van der Waals surface area contributed by atoms with Crippen LogP contribution < -0.4 is 9.47 Å². The summed E-state index contributed by atoms with van der Waals surface area (Å²) in [5.41, 5.74) is -0.117. The fraction of sp³-hybridized carbons (Fsp3) is 0.421. The molecule has 0 radical (unpaired) electrons. The summed E-state index contributed by atoms with van der Waals surface area (Å²) in [5, 5.41) is 0.732. The van der Waals surface area contributed by atoms with Crippen molar-refractivity contribution in [3.8, 4) is 11.5 Å². The maximum Gasteiger partial charge on any atom is 0.137 e. The van der Waals surface area contributed by atoms with Gasteiger partial charge in [0.15, 0.2) is 0 Å². The lowest BCUT2D eigenvalue weighted by atomic mass is 9.93. The molecule has 1 aromatic heterocycles. The monoisotopic (exact) mass is 346 g/mol. The highest BCUT2D eigenvalue weighted by Gasteiger charge is 2.31. The summed E-state index contributed by atoms with van der Waals surface area (Å²) in [6.45, 7) is 5.82. The van der Waals surface area contributed by atoms with Crippen molar-refractivity contribution in [2.24, 2.45) is 0 Å². The Balaban J connectivity index is 1.42. The number of likely N-dealkylation sites (tertiary alicyclic amines) is 1. The van der Waals surface area contributed by atoms with Crippen LogP contribution in [0.2, 0.25) is 5.02 Å². The van der Waals surface area contributed by atoms with Crippen LogP contribution >= 0.6 is 11.6 Å². The third-order valence-electron chi connectivity index (χ3n) is 4.40. The Morgan fingerprint density at radius 1 is 1.12 bits per heavy atom. The minimum Gasteiger partial charge on any atom is -0.491 e. The van der Waals surface area contributed by atoms with Gasteiger partial charge < -0.3 is 9.47 Å². The van der Waals surface area contributed by atoms with E-state index >= 15 is 0 Å². The average molecular weight is 347 g/mol. The number of hydrogen-bond acceptors (Lipinski definition) is 4. The Morgan fingerprint density at radius 3 is 2.54 bits per heavy atom. The van der Waals surface area contributed by atoms with E-state index in [9.17, 15) is 0 Å². The fourth-order valence-electron chi connectivity index (χ4n) is 2.86. The van der Waals surface area contributed by atoms with Crippen molar-refractivity contribution in [1.29, 1.82) is 0 Å². The first-order valence-corrected chi connectivity index (χ1v) is 8.71. The van der Waals surface area contributed by atoms with Crippen LogP contribution in [0.15, 0.2) is 48.8 Å². The summed E-state index contributed by atoms with van der Waals surface area (Å²) in [6, 6.07) is 11.4. The van der Waals surface area contributed by atoms with Crippen molar-refractivity contribution >= 4 is 11.6 Å². The number of nitrogens with zero attached hydrogens (tertiary/aromatic N) is 2. The molecule has 24 heavy (non-hydrogen) atoms. The van der Waals surface area contributed by atoms with Gasteiger partial charge in [-0.2, -0.15) is 0 Å². The second-order valence-electron chi connectivity index (χ2n) is 6.38. The van der Waals surface area contributed by atoms with Gasteiger partial charge in [0.1, 0.15) is 23.7 Å². The van der Waals surface area contributed by atoms with Crippen LogP contribution in [0.3, 0.4) is 0 Å². The van der Waals surface area contributed by atoms with Crippen LogP contribution in [0.5, 0.6) is 11.5 Å². The second-order valence-corrected chi connectivity index (χ2v) is 6.82. The van der Waals surface area contributed by atoms with E-state index in [0.717, 1.165) is 49.0 Å². The summed E-state index contributed by atoms with van der Waals surface area (Å²) in [4.78, 5) is 6.47. The number of pyridine rings is 1. The molecule has 128 valence electrons. The van der Waals surface area contributed by atoms with Crippen LogP contribution in [0.4, 0.5) is 0 Å². The summed E-state index contributed by atoms with van der Waals surface area (Å²) < 4.78 is 11.9. The van der Waals surface area contributed by atoms with E-state index in [1.165, 1.54) is 0 Å². The Bertz CT molecular complexity index is 626. The largest absolute Gasteiger partial charge is 0.491 e. The van der Waals surface area contributed by atoms with E-state index in [1.54, 1.807) is 12.4 Å². The van der Waals surface area contributed by atoms with Gasteiger partial charge in [-0.15, -0.1) is 0 Å². The maximum atomic E-state index is 6.20. The van der Waals surface area contributed by atoms with Crippen LogP contribution in [0.1, 0.15) is 19.8 Å². The zero-order valence-electron chi connectivity index (χ0n) is 14.0. The molecular weight excluding hydrogens is 324 g/mol. The van der Waals surface area contributed by atoms with Gasteiger partial charge in [0.05, 0.1) is 6.20 Å². The first-order valence-electron chi connectivity index (χ1n) is 8.33. The van der Waals surface area contributed by atoms with Crippen molar-refractivity contribution < 1.29 is 9.47 Å².